The van der Waals surface area contributed by atoms with Gasteiger partial charge in [0.2, 0.25) is 6.04 Å². The SMILES string of the molecule is COC(=O)C(C(=O)OC)N1CCc2ccccc2C1. The van der Waals surface area contributed by atoms with E-state index in [1.807, 2.05) is 18.2 Å². The van der Waals surface area contributed by atoms with Crippen LogP contribution >= 0.6 is 0 Å². The number of hydrogen-bond acceptors (Lipinski definition) is 5. The van der Waals surface area contributed by atoms with Gasteiger partial charge < -0.3 is 9.47 Å². The van der Waals surface area contributed by atoms with Gasteiger partial charge in [-0.2, -0.15) is 0 Å². The Morgan fingerprint density at radius 1 is 1.11 bits per heavy atom. The summed E-state index contributed by atoms with van der Waals surface area (Å²) in [5.41, 5.74) is 2.39. The Morgan fingerprint density at radius 2 is 1.68 bits per heavy atom. The highest BCUT2D eigenvalue weighted by Crippen LogP contribution is 2.21. The van der Waals surface area contributed by atoms with E-state index in [4.69, 9.17) is 9.47 Å². The molecule has 1 heterocycles. The fourth-order valence-corrected chi connectivity index (χ4v) is 2.36. The summed E-state index contributed by atoms with van der Waals surface area (Å²) < 4.78 is 9.39. The molecule has 0 unspecified atom stereocenters. The Labute approximate surface area is 112 Å². The van der Waals surface area contributed by atoms with Gasteiger partial charge in [0.15, 0.2) is 0 Å². The van der Waals surface area contributed by atoms with Gasteiger partial charge in [-0.15, -0.1) is 0 Å². The average Bonchev–Trinajstić information content (AvgIpc) is 2.46. The minimum atomic E-state index is -0.983. The Bertz CT molecular complexity index is 470. The predicted octanol–water partition coefficient (Wildman–Crippen LogP) is 0.759. The molecule has 5 heteroatoms. The summed E-state index contributed by atoms with van der Waals surface area (Å²) in [4.78, 5) is 25.3. The van der Waals surface area contributed by atoms with Crippen LogP contribution in [-0.4, -0.2) is 43.6 Å². The number of nitrogens with zero attached hydrogens (tertiary/aromatic N) is 1. The molecule has 0 fully saturated rings. The van der Waals surface area contributed by atoms with Crippen molar-refractivity contribution in [3.8, 4) is 0 Å². The van der Waals surface area contributed by atoms with Crippen LogP contribution in [0.3, 0.4) is 0 Å². The molecule has 2 rings (SSSR count). The Kier molecular flexibility index (Phi) is 4.16. The molecule has 1 aliphatic heterocycles. The van der Waals surface area contributed by atoms with Crippen LogP contribution in [0.25, 0.3) is 0 Å². The van der Waals surface area contributed by atoms with Crippen LogP contribution in [0.5, 0.6) is 0 Å². The number of carbonyl (C=O) groups is 2. The lowest BCUT2D eigenvalue weighted by atomic mass is 9.98. The molecule has 19 heavy (non-hydrogen) atoms. The minimum Gasteiger partial charge on any atom is -0.467 e. The van der Waals surface area contributed by atoms with Gasteiger partial charge in [0.1, 0.15) is 0 Å². The Morgan fingerprint density at radius 3 is 2.26 bits per heavy atom. The first-order chi connectivity index (χ1) is 9.17. The number of fused-ring (bicyclic) bond motifs is 1. The number of ether oxygens (including phenoxy) is 2. The van der Waals surface area contributed by atoms with Crippen molar-refractivity contribution in [3.63, 3.8) is 0 Å². The molecule has 0 bridgehead atoms. The van der Waals surface area contributed by atoms with Crippen LogP contribution in [0.4, 0.5) is 0 Å². The van der Waals surface area contributed by atoms with E-state index in [9.17, 15) is 9.59 Å². The summed E-state index contributed by atoms with van der Waals surface area (Å²) in [7, 11) is 2.55. The predicted molar refractivity (Wildman–Crippen MR) is 68.4 cm³/mol. The topological polar surface area (TPSA) is 55.8 Å². The molecule has 5 nitrogen and oxygen atoms in total. The second-order valence-electron chi connectivity index (χ2n) is 4.44. The zero-order chi connectivity index (χ0) is 13.8. The fourth-order valence-electron chi connectivity index (χ4n) is 2.36. The molecule has 102 valence electrons. The van der Waals surface area contributed by atoms with E-state index in [2.05, 4.69) is 6.07 Å². The lowest BCUT2D eigenvalue weighted by molar-refractivity contribution is -0.161. The van der Waals surface area contributed by atoms with Gasteiger partial charge in [-0.3, -0.25) is 4.90 Å². The first-order valence-electron chi connectivity index (χ1n) is 6.14. The summed E-state index contributed by atoms with van der Waals surface area (Å²) in [6, 6.07) is 7.04. The van der Waals surface area contributed by atoms with E-state index in [0.29, 0.717) is 13.1 Å². The van der Waals surface area contributed by atoms with Crippen LogP contribution in [0.15, 0.2) is 24.3 Å². The first kappa shape index (κ1) is 13.5. The summed E-state index contributed by atoms with van der Waals surface area (Å²) >= 11 is 0. The molecule has 0 saturated heterocycles. The maximum atomic E-state index is 11.8. The number of esters is 2. The van der Waals surface area contributed by atoms with Crippen LogP contribution in [0, 0.1) is 0 Å². The van der Waals surface area contributed by atoms with Crippen molar-refractivity contribution in [1.82, 2.24) is 4.90 Å². The molecule has 1 aromatic rings. The van der Waals surface area contributed by atoms with E-state index < -0.39 is 18.0 Å². The summed E-state index contributed by atoms with van der Waals surface area (Å²) in [6.07, 6.45) is 0.806. The van der Waals surface area contributed by atoms with Crippen molar-refractivity contribution in [2.75, 3.05) is 20.8 Å². The lowest BCUT2D eigenvalue weighted by Crippen LogP contribution is -2.49. The average molecular weight is 263 g/mol. The van der Waals surface area contributed by atoms with Crippen molar-refractivity contribution in [2.24, 2.45) is 0 Å². The zero-order valence-electron chi connectivity index (χ0n) is 11.1. The summed E-state index contributed by atoms with van der Waals surface area (Å²) in [5.74, 6) is -1.16. The van der Waals surface area contributed by atoms with Crippen LogP contribution in [-0.2, 0) is 32.0 Å². The molecule has 0 radical (unpaired) electrons. The van der Waals surface area contributed by atoms with Crippen LogP contribution in [0.1, 0.15) is 11.1 Å². The number of methoxy groups -OCH3 is 2. The third-order valence-electron chi connectivity index (χ3n) is 3.37. The van der Waals surface area contributed by atoms with E-state index in [1.54, 1.807) is 4.90 Å². The second-order valence-corrected chi connectivity index (χ2v) is 4.44. The highest BCUT2D eigenvalue weighted by Gasteiger charge is 2.36. The smallest absolute Gasteiger partial charge is 0.334 e. The monoisotopic (exact) mass is 263 g/mol. The molecule has 0 aliphatic carbocycles. The fraction of sp³-hybridized carbons (Fsp3) is 0.429. The van der Waals surface area contributed by atoms with Gasteiger partial charge in [-0.05, 0) is 17.5 Å². The van der Waals surface area contributed by atoms with Crippen molar-refractivity contribution >= 4 is 11.9 Å². The molecule has 0 saturated carbocycles. The molecule has 1 aliphatic rings. The Hall–Kier alpha value is -1.88. The van der Waals surface area contributed by atoms with Gasteiger partial charge >= 0.3 is 11.9 Å². The quantitative estimate of drug-likeness (QED) is 0.595. The highest BCUT2D eigenvalue weighted by molar-refractivity contribution is 5.99. The molecule has 0 aromatic heterocycles. The van der Waals surface area contributed by atoms with Crippen molar-refractivity contribution in [2.45, 2.75) is 19.0 Å². The van der Waals surface area contributed by atoms with Gasteiger partial charge in [-0.25, -0.2) is 9.59 Å². The zero-order valence-corrected chi connectivity index (χ0v) is 11.1. The van der Waals surface area contributed by atoms with Crippen molar-refractivity contribution in [3.05, 3.63) is 35.4 Å². The molecule has 1 aromatic carbocycles. The maximum Gasteiger partial charge on any atom is 0.334 e. The molecular formula is C14H17NO4. The van der Waals surface area contributed by atoms with Crippen molar-refractivity contribution in [1.29, 1.82) is 0 Å². The third kappa shape index (κ3) is 2.76. The van der Waals surface area contributed by atoms with E-state index >= 15 is 0 Å². The van der Waals surface area contributed by atoms with Crippen LogP contribution in [0.2, 0.25) is 0 Å². The number of carbonyl (C=O) groups excluding carboxylic acids is 2. The minimum absolute atomic E-state index is 0.547. The number of rotatable bonds is 3. The maximum absolute atomic E-state index is 11.8. The largest absolute Gasteiger partial charge is 0.467 e. The third-order valence-corrected chi connectivity index (χ3v) is 3.37. The highest BCUT2D eigenvalue weighted by atomic mass is 16.5. The van der Waals surface area contributed by atoms with Crippen molar-refractivity contribution < 1.29 is 19.1 Å². The van der Waals surface area contributed by atoms with Gasteiger partial charge in [-0.1, -0.05) is 24.3 Å². The number of benzene rings is 1. The summed E-state index contributed by atoms with van der Waals surface area (Å²) in [6.45, 7) is 1.18. The molecule has 0 atom stereocenters. The van der Waals surface area contributed by atoms with Gasteiger partial charge in [0, 0.05) is 13.1 Å². The van der Waals surface area contributed by atoms with Crippen LogP contribution < -0.4 is 0 Å². The van der Waals surface area contributed by atoms with E-state index in [-0.39, 0.29) is 0 Å². The lowest BCUT2D eigenvalue weighted by Gasteiger charge is -2.32. The standard InChI is InChI=1S/C14H17NO4/c1-18-13(16)12(14(17)19-2)15-8-7-10-5-3-4-6-11(10)9-15/h3-6,12H,7-9H2,1-2H3. The van der Waals surface area contributed by atoms with E-state index in [0.717, 1.165) is 12.0 Å². The number of hydrogen-bond donors (Lipinski definition) is 0. The normalized spacial score (nSPS) is 14.9. The Balaban J connectivity index is 2.21. The molecule has 0 N–H and O–H groups in total. The first-order valence-corrected chi connectivity index (χ1v) is 6.14. The molecule has 0 spiro atoms. The molecular weight excluding hydrogens is 246 g/mol. The van der Waals surface area contributed by atoms with E-state index in [1.165, 1.54) is 19.8 Å². The van der Waals surface area contributed by atoms with Gasteiger partial charge in [0.05, 0.1) is 14.2 Å². The molecule has 0 amide bonds. The second kappa shape index (κ2) is 5.84. The summed E-state index contributed by atoms with van der Waals surface area (Å²) in [5, 5.41) is 0. The van der Waals surface area contributed by atoms with Gasteiger partial charge in [0.25, 0.3) is 0 Å².